The molecular formula is C25H31F3N6O2. The second-order valence-corrected chi connectivity index (χ2v) is 9.86. The van der Waals surface area contributed by atoms with Crippen LogP contribution in [-0.2, 0) is 4.74 Å². The Morgan fingerprint density at radius 3 is 2.36 bits per heavy atom. The lowest BCUT2D eigenvalue weighted by molar-refractivity contribution is 0.121. The molecule has 1 aromatic carbocycles. The summed E-state index contributed by atoms with van der Waals surface area (Å²) in [5.41, 5.74) is 0.584. The second-order valence-electron chi connectivity index (χ2n) is 9.86. The van der Waals surface area contributed by atoms with Gasteiger partial charge in [0.15, 0.2) is 17.3 Å². The maximum Gasteiger partial charge on any atom is 0.224 e. The first-order valence-corrected chi connectivity index (χ1v) is 12.5. The topological polar surface area (TPSA) is 97.1 Å². The average Bonchev–Trinajstić information content (AvgIpc) is 3.21. The Morgan fingerprint density at radius 2 is 1.69 bits per heavy atom. The van der Waals surface area contributed by atoms with E-state index in [0.717, 1.165) is 51.4 Å². The van der Waals surface area contributed by atoms with Crippen LogP contribution in [-0.4, -0.2) is 50.5 Å². The number of anilines is 3. The van der Waals surface area contributed by atoms with Gasteiger partial charge in [0, 0.05) is 37.9 Å². The zero-order valence-corrected chi connectivity index (χ0v) is 20.2. The largest absolute Gasteiger partial charge is 0.393 e. The second kappa shape index (κ2) is 10.6. The number of imidazole rings is 1. The van der Waals surface area contributed by atoms with E-state index < -0.39 is 23.1 Å². The highest BCUT2D eigenvalue weighted by atomic mass is 19.1. The Labute approximate surface area is 207 Å². The molecule has 2 aromatic heterocycles. The van der Waals surface area contributed by atoms with Crippen molar-refractivity contribution in [3.63, 3.8) is 0 Å². The minimum atomic E-state index is -1.04. The number of ether oxygens (including phenoxy) is 1. The van der Waals surface area contributed by atoms with Gasteiger partial charge in [-0.05, 0) is 57.3 Å². The maximum absolute atomic E-state index is 14.5. The van der Waals surface area contributed by atoms with Crippen molar-refractivity contribution >= 4 is 28.7 Å². The molecule has 0 bridgehead atoms. The smallest absolute Gasteiger partial charge is 0.224 e. The molecule has 0 amide bonds. The van der Waals surface area contributed by atoms with Gasteiger partial charge >= 0.3 is 0 Å². The Balaban J connectivity index is 1.49. The molecule has 0 saturated heterocycles. The average molecular weight is 505 g/mol. The van der Waals surface area contributed by atoms with Gasteiger partial charge in [0.05, 0.1) is 12.3 Å². The van der Waals surface area contributed by atoms with E-state index in [1.54, 1.807) is 13.3 Å². The van der Waals surface area contributed by atoms with Crippen LogP contribution in [0.25, 0.3) is 11.2 Å². The zero-order valence-electron chi connectivity index (χ0n) is 20.2. The number of aliphatic hydroxyl groups is 1. The first-order chi connectivity index (χ1) is 17.4. The number of aliphatic hydroxyl groups excluding tert-OH is 1. The van der Waals surface area contributed by atoms with Crippen molar-refractivity contribution in [3.05, 3.63) is 35.8 Å². The van der Waals surface area contributed by atoms with E-state index in [9.17, 15) is 18.3 Å². The Bertz CT molecular complexity index is 1180. The number of rotatable bonds is 7. The van der Waals surface area contributed by atoms with Crippen LogP contribution in [0, 0.1) is 23.4 Å². The predicted octanol–water partition coefficient (Wildman–Crippen LogP) is 5.08. The molecule has 0 unspecified atom stereocenters. The Morgan fingerprint density at radius 1 is 1.00 bits per heavy atom. The van der Waals surface area contributed by atoms with E-state index in [1.807, 2.05) is 4.57 Å². The van der Waals surface area contributed by atoms with Gasteiger partial charge in [0.25, 0.3) is 0 Å². The first kappa shape index (κ1) is 24.8. The molecule has 8 nitrogen and oxygen atoms in total. The minimum absolute atomic E-state index is 0.00440. The number of nitrogens with one attached hydrogen (secondary N) is 2. The molecule has 5 rings (SSSR count). The molecule has 2 aliphatic carbocycles. The molecular weight excluding hydrogens is 473 g/mol. The lowest BCUT2D eigenvalue weighted by Crippen LogP contribution is -2.29. The van der Waals surface area contributed by atoms with E-state index in [-0.39, 0.29) is 24.1 Å². The standard InChI is InChI=1S/C25H31F3N6O2/c1-36-13-14-2-6-17(7-3-14)34-23-21(12-29-24(33-23)30-16-4-8-18(35)9-5-16)31-25(34)32-22-19(27)10-15(26)11-20(22)28/h10-12,14,16-18,35H,2-9,13H2,1H3,(H,31,32)(H,29,30,33). The van der Waals surface area contributed by atoms with E-state index in [0.29, 0.717) is 41.8 Å². The number of hydrogen-bond donors (Lipinski definition) is 3. The van der Waals surface area contributed by atoms with Crippen LogP contribution in [0.2, 0.25) is 0 Å². The molecule has 0 spiro atoms. The molecule has 2 saturated carbocycles. The SMILES string of the molecule is COCC1CCC(n2c(Nc3c(F)cc(F)cc3F)nc3cnc(NC4CCC(O)CC4)nc32)CC1. The zero-order chi connectivity index (χ0) is 25.2. The van der Waals surface area contributed by atoms with E-state index >= 15 is 0 Å². The predicted molar refractivity (Wildman–Crippen MR) is 130 cm³/mol. The van der Waals surface area contributed by atoms with Crippen LogP contribution < -0.4 is 10.6 Å². The number of benzene rings is 1. The van der Waals surface area contributed by atoms with Crippen LogP contribution in [0.15, 0.2) is 18.3 Å². The molecule has 2 fully saturated rings. The van der Waals surface area contributed by atoms with Gasteiger partial charge < -0.3 is 20.5 Å². The van der Waals surface area contributed by atoms with Crippen molar-refractivity contribution in [3.8, 4) is 0 Å². The summed E-state index contributed by atoms with van der Waals surface area (Å²) in [6.07, 6.45) is 7.97. The van der Waals surface area contributed by atoms with Crippen molar-refractivity contribution in [2.24, 2.45) is 5.92 Å². The van der Waals surface area contributed by atoms with Crippen molar-refractivity contribution in [1.29, 1.82) is 0 Å². The number of nitrogens with zero attached hydrogens (tertiary/aromatic N) is 4. The van der Waals surface area contributed by atoms with Gasteiger partial charge in [-0.15, -0.1) is 0 Å². The van der Waals surface area contributed by atoms with Gasteiger partial charge in [0.1, 0.15) is 17.0 Å². The summed E-state index contributed by atoms with van der Waals surface area (Å²) in [6, 6.07) is 1.44. The number of aromatic nitrogens is 4. The van der Waals surface area contributed by atoms with E-state index in [1.165, 1.54) is 0 Å². The third kappa shape index (κ3) is 5.27. The summed E-state index contributed by atoms with van der Waals surface area (Å²) in [5.74, 6) is -1.93. The molecule has 11 heteroatoms. The fourth-order valence-corrected chi connectivity index (χ4v) is 5.38. The highest BCUT2D eigenvalue weighted by molar-refractivity contribution is 5.76. The van der Waals surface area contributed by atoms with Crippen molar-refractivity contribution in [2.45, 2.75) is 69.6 Å². The number of fused-ring (bicyclic) bond motifs is 1. The van der Waals surface area contributed by atoms with E-state index in [4.69, 9.17) is 9.72 Å². The van der Waals surface area contributed by atoms with Crippen LogP contribution >= 0.6 is 0 Å². The Hall–Kier alpha value is -2.92. The lowest BCUT2D eigenvalue weighted by atomic mass is 9.86. The molecule has 0 aliphatic heterocycles. The molecule has 2 aliphatic rings. The minimum Gasteiger partial charge on any atom is -0.393 e. The van der Waals surface area contributed by atoms with Crippen LogP contribution in [0.5, 0.6) is 0 Å². The number of halogens is 3. The highest BCUT2D eigenvalue weighted by Gasteiger charge is 2.28. The first-order valence-electron chi connectivity index (χ1n) is 12.5. The molecule has 0 atom stereocenters. The van der Waals surface area contributed by atoms with Crippen molar-refractivity contribution < 1.29 is 23.0 Å². The van der Waals surface area contributed by atoms with Crippen LogP contribution in [0.4, 0.5) is 30.8 Å². The number of hydrogen-bond acceptors (Lipinski definition) is 7. The Kier molecular flexibility index (Phi) is 7.29. The summed E-state index contributed by atoms with van der Waals surface area (Å²) in [6.45, 7) is 0.695. The van der Waals surface area contributed by atoms with Crippen LogP contribution in [0.3, 0.4) is 0 Å². The summed E-state index contributed by atoms with van der Waals surface area (Å²) >= 11 is 0. The van der Waals surface area contributed by atoms with Gasteiger partial charge in [-0.2, -0.15) is 4.98 Å². The van der Waals surface area contributed by atoms with Crippen molar-refractivity contribution in [2.75, 3.05) is 24.4 Å². The van der Waals surface area contributed by atoms with Gasteiger partial charge in [0.2, 0.25) is 11.9 Å². The van der Waals surface area contributed by atoms with Crippen molar-refractivity contribution in [1.82, 2.24) is 19.5 Å². The third-order valence-corrected chi connectivity index (χ3v) is 7.29. The normalized spacial score (nSPS) is 24.7. The van der Waals surface area contributed by atoms with Crippen LogP contribution in [0.1, 0.15) is 57.4 Å². The quantitative estimate of drug-likeness (QED) is 0.413. The molecule has 194 valence electrons. The monoisotopic (exact) mass is 504 g/mol. The summed E-state index contributed by atoms with van der Waals surface area (Å²) in [7, 11) is 1.70. The van der Waals surface area contributed by atoms with Gasteiger partial charge in [-0.3, -0.25) is 4.57 Å². The number of methoxy groups -OCH3 is 1. The third-order valence-electron chi connectivity index (χ3n) is 7.29. The molecule has 3 N–H and O–H groups in total. The molecule has 0 radical (unpaired) electrons. The summed E-state index contributed by atoms with van der Waals surface area (Å²) in [5, 5.41) is 15.9. The highest BCUT2D eigenvalue weighted by Crippen LogP contribution is 2.37. The van der Waals surface area contributed by atoms with Gasteiger partial charge in [-0.25, -0.2) is 23.1 Å². The fraction of sp³-hybridized carbons (Fsp3) is 0.560. The van der Waals surface area contributed by atoms with E-state index in [2.05, 4.69) is 20.6 Å². The van der Waals surface area contributed by atoms with Gasteiger partial charge in [-0.1, -0.05) is 0 Å². The summed E-state index contributed by atoms with van der Waals surface area (Å²) < 4.78 is 49.6. The molecule has 3 aromatic rings. The molecule has 2 heterocycles. The fourth-order valence-electron chi connectivity index (χ4n) is 5.38. The summed E-state index contributed by atoms with van der Waals surface area (Å²) in [4.78, 5) is 13.7. The maximum atomic E-state index is 14.5. The lowest BCUT2D eigenvalue weighted by Gasteiger charge is -2.30. The molecule has 36 heavy (non-hydrogen) atoms.